The summed E-state index contributed by atoms with van der Waals surface area (Å²) in [6, 6.07) is 20.7. The van der Waals surface area contributed by atoms with E-state index in [-0.39, 0.29) is 56.7 Å². The number of aromatic nitrogens is 1. The number of nitrogens with one attached hydrogen (secondary N) is 2. The highest BCUT2D eigenvalue weighted by atomic mass is 16.3. The minimum absolute atomic E-state index is 0.0746. The van der Waals surface area contributed by atoms with Crippen LogP contribution in [-0.4, -0.2) is 85.4 Å². The zero-order chi connectivity index (χ0) is 34.7. The maximum absolute atomic E-state index is 14.5. The van der Waals surface area contributed by atoms with Crippen LogP contribution in [0.5, 0.6) is 5.75 Å². The van der Waals surface area contributed by atoms with Crippen LogP contribution in [0, 0.1) is 5.41 Å². The van der Waals surface area contributed by atoms with Crippen LogP contribution >= 0.6 is 0 Å². The Morgan fingerprint density at radius 2 is 1.82 bits per heavy atom. The van der Waals surface area contributed by atoms with Gasteiger partial charge in [-0.25, -0.2) is 14.8 Å². The van der Waals surface area contributed by atoms with Crippen molar-refractivity contribution < 1.29 is 19.5 Å². The fourth-order valence-electron chi connectivity index (χ4n) is 6.89. The lowest BCUT2D eigenvalue weighted by Crippen LogP contribution is -2.76. The van der Waals surface area contributed by atoms with Gasteiger partial charge < -0.3 is 35.9 Å². The Kier molecular flexibility index (Phi) is 9.49. The predicted octanol–water partition coefficient (Wildman–Crippen LogP) is 3.57. The molecule has 2 aliphatic heterocycles. The second-order valence-corrected chi connectivity index (χ2v) is 12.2. The number of carbonyl (C=O) groups is 3. The Balaban J connectivity index is 1.40. The largest absolute Gasteiger partial charge is 0.508 e. The zero-order valence-corrected chi connectivity index (χ0v) is 27.3. The molecule has 4 amide bonds. The van der Waals surface area contributed by atoms with Crippen molar-refractivity contribution in [3.8, 4) is 5.75 Å². The van der Waals surface area contributed by atoms with Gasteiger partial charge in [-0.2, -0.15) is 0 Å². The molecule has 2 saturated heterocycles. The molecule has 0 aliphatic carbocycles. The maximum atomic E-state index is 14.5. The maximum Gasteiger partial charge on any atom is 0.334 e. The number of nitrogens with zero attached hydrogens (tertiary/aromatic N) is 5. The third kappa shape index (κ3) is 6.50. The van der Waals surface area contributed by atoms with Crippen LogP contribution in [0.4, 0.5) is 4.79 Å². The molecule has 0 radical (unpaired) electrons. The number of rotatable bonds is 10. The lowest BCUT2D eigenvalue weighted by atomic mass is 9.97. The van der Waals surface area contributed by atoms with Gasteiger partial charge in [0.2, 0.25) is 11.8 Å². The van der Waals surface area contributed by atoms with Gasteiger partial charge >= 0.3 is 6.03 Å². The third-order valence-electron chi connectivity index (χ3n) is 9.12. The molecule has 12 heteroatoms. The first-order valence-corrected chi connectivity index (χ1v) is 16.1. The number of aryl methyl sites for hydroxylation is 1. The molecule has 5 N–H and O–H groups in total. The average Bonchev–Trinajstić information content (AvgIpc) is 3.44. The molecule has 1 aromatic heterocycles. The number of phenols is 1. The number of para-hydroxylation sites is 1. The Labute approximate surface area is 284 Å². The molecule has 2 aliphatic rings. The molecule has 0 bridgehead atoms. The van der Waals surface area contributed by atoms with Gasteiger partial charge in [0.25, 0.3) is 0 Å². The number of benzene rings is 3. The van der Waals surface area contributed by atoms with Crippen LogP contribution in [0.2, 0.25) is 0 Å². The van der Waals surface area contributed by atoms with E-state index in [4.69, 9.17) is 11.1 Å². The summed E-state index contributed by atoms with van der Waals surface area (Å²) >= 11 is 0. The van der Waals surface area contributed by atoms with Crippen molar-refractivity contribution >= 4 is 40.5 Å². The summed E-state index contributed by atoms with van der Waals surface area (Å²) in [4.78, 5) is 45.7. The van der Waals surface area contributed by atoms with E-state index in [0.717, 1.165) is 33.2 Å². The highest BCUT2D eigenvalue weighted by molar-refractivity contribution is 6.14. The minimum Gasteiger partial charge on any atom is -0.508 e. The second kappa shape index (κ2) is 14.1. The molecule has 0 spiro atoms. The smallest absolute Gasteiger partial charge is 0.334 e. The molecule has 6 rings (SSSR count). The number of hydrogen-bond donors (Lipinski definition) is 4. The fraction of sp³-hybridized carbons (Fsp3) is 0.243. The number of amides is 4. The molecular weight excluding hydrogens is 620 g/mol. The number of allylic oxidation sites excluding steroid dienone is 1. The normalized spacial score (nSPS) is 18.5. The van der Waals surface area contributed by atoms with Crippen LogP contribution in [0.25, 0.3) is 16.5 Å². The van der Waals surface area contributed by atoms with E-state index in [2.05, 4.69) is 11.9 Å². The monoisotopic (exact) mass is 660 g/mol. The number of nitrogens with two attached hydrogens (primary N) is 1. The number of carbonyl (C=O) groups excluding carboxylic acids is 3. The Bertz CT molecular complexity index is 1920. The molecule has 0 saturated carbocycles. The summed E-state index contributed by atoms with van der Waals surface area (Å²) in [5.74, 6) is -0.412. The summed E-state index contributed by atoms with van der Waals surface area (Å²) in [6.07, 6.45) is 5.57. The summed E-state index contributed by atoms with van der Waals surface area (Å²) in [6.45, 7) is 4.58. The lowest BCUT2D eigenvalue weighted by molar-refractivity contribution is -0.189. The summed E-state index contributed by atoms with van der Waals surface area (Å²) in [5, 5.41) is 24.9. The predicted molar refractivity (Wildman–Crippen MR) is 188 cm³/mol. The van der Waals surface area contributed by atoms with Crippen LogP contribution in [0.1, 0.15) is 22.3 Å². The fourth-order valence-corrected chi connectivity index (χ4v) is 6.89. The highest BCUT2D eigenvalue weighted by Crippen LogP contribution is 2.33. The molecule has 252 valence electrons. The van der Waals surface area contributed by atoms with E-state index >= 15 is 0 Å². The van der Waals surface area contributed by atoms with E-state index in [1.807, 2.05) is 66.3 Å². The number of phenolic OH excluding ortho intramolecular Hbond substituents is 1. The van der Waals surface area contributed by atoms with Crippen molar-refractivity contribution in [2.24, 2.45) is 12.8 Å². The van der Waals surface area contributed by atoms with Gasteiger partial charge in [-0.3, -0.25) is 9.59 Å². The number of aromatic hydroxyl groups is 1. The molecule has 2 atom stereocenters. The van der Waals surface area contributed by atoms with Gasteiger partial charge in [-0.15, -0.1) is 6.58 Å². The quantitative estimate of drug-likeness (QED) is 0.151. The standard InChI is InChI=1S/C37H40N8O4/c1-3-16-43-24-34(47)44-32(17-25-12-14-29(46)15-13-25)36(48)42(23-33(44)45(43)37(49)40-20-26-8-5-4-6-9-26)21-27-10-7-11-30-31(28(18-38)19-39)22-41(2)35(27)30/h3-15,18-19,22,32-33,38,46H,1,16-17,20-21,23-24,39H2,2H3,(H,40,49)/b28-19+,38-18?/t32-,33-/m0/s1. The number of urea groups is 1. The van der Waals surface area contributed by atoms with E-state index < -0.39 is 18.2 Å². The van der Waals surface area contributed by atoms with E-state index in [1.165, 1.54) is 12.4 Å². The van der Waals surface area contributed by atoms with Gasteiger partial charge in [0.05, 0.1) is 18.6 Å². The molecular formula is C37H40N8O4. The van der Waals surface area contributed by atoms with Crippen molar-refractivity contribution in [2.75, 3.05) is 19.6 Å². The summed E-state index contributed by atoms with van der Waals surface area (Å²) in [5.41, 5.74) is 10.6. The van der Waals surface area contributed by atoms with Crippen LogP contribution in [0.3, 0.4) is 0 Å². The summed E-state index contributed by atoms with van der Waals surface area (Å²) in [7, 11) is 1.91. The van der Waals surface area contributed by atoms with Crippen molar-refractivity contribution in [3.05, 3.63) is 120 Å². The molecule has 4 aromatic rings. The number of fused-ring (bicyclic) bond motifs is 2. The average molecular weight is 661 g/mol. The van der Waals surface area contributed by atoms with Gasteiger partial charge in [0.1, 0.15) is 18.0 Å². The number of hydrogen-bond acceptors (Lipinski definition) is 7. The molecule has 12 nitrogen and oxygen atoms in total. The first kappa shape index (κ1) is 33.0. The third-order valence-corrected chi connectivity index (χ3v) is 9.12. The van der Waals surface area contributed by atoms with Gasteiger partial charge in [0, 0.05) is 68.2 Å². The van der Waals surface area contributed by atoms with Crippen molar-refractivity contribution in [1.29, 1.82) is 5.41 Å². The highest BCUT2D eigenvalue weighted by Gasteiger charge is 2.51. The van der Waals surface area contributed by atoms with E-state index in [1.54, 1.807) is 50.2 Å². The minimum atomic E-state index is -0.904. The topological polar surface area (TPSA) is 151 Å². The Hall–Kier alpha value is -5.88. The zero-order valence-electron chi connectivity index (χ0n) is 27.3. The first-order valence-electron chi connectivity index (χ1n) is 16.1. The summed E-state index contributed by atoms with van der Waals surface area (Å²) < 4.78 is 1.96. The molecule has 49 heavy (non-hydrogen) atoms. The van der Waals surface area contributed by atoms with Gasteiger partial charge in [-0.05, 0) is 28.8 Å². The number of piperazine rings is 1. The second-order valence-electron chi connectivity index (χ2n) is 12.2. The SMILES string of the molecule is C=CCN1CC(=O)N2[C@@H](Cc3ccc(O)cc3)C(=O)N(Cc3cccc4c(/C(C=N)=C/N)cn(C)c34)C[C@@H]2N1C(=O)NCc1ccccc1. The van der Waals surface area contributed by atoms with Crippen LogP contribution < -0.4 is 11.1 Å². The van der Waals surface area contributed by atoms with Crippen molar-refractivity contribution in [3.63, 3.8) is 0 Å². The van der Waals surface area contributed by atoms with E-state index in [0.29, 0.717) is 5.57 Å². The van der Waals surface area contributed by atoms with Crippen molar-refractivity contribution in [1.82, 2.24) is 29.7 Å². The first-order chi connectivity index (χ1) is 23.7. The lowest BCUT2D eigenvalue weighted by Gasteiger charge is -2.55. The van der Waals surface area contributed by atoms with E-state index in [9.17, 15) is 19.5 Å². The molecule has 2 fully saturated rings. The molecule has 3 aromatic carbocycles. The Morgan fingerprint density at radius 3 is 2.51 bits per heavy atom. The van der Waals surface area contributed by atoms with Gasteiger partial charge in [0.15, 0.2) is 0 Å². The number of hydrazine groups is 1. The molecule has 0 unspecified atom stereocenters. The molecule has 3 heterocycles. The van der Waals surface area contributed by atoms with Crippen molar-refractivity contribution in [2.45, 2.75) is 31.7 Å². The van der Waals surface area contributed by atoms with Crippen LogP contribution in [-0.2, 0) is 36.1 Å². The van der Waals surface area contributed by atoms with Gasteiger partial charge in [-0.1, -0.05) is 66.7 Å². The van der Waals surface area contributed by atoms with Crippen LogP contribution in [0.15, 0.2) is 97.8 Å². The Morgan fingerprint density at radius 1 is 1.06 bits per heavy atom.